The third-order valence-electron chi connectivity index (χ3n) is 0.888. The summed E-state index contributed by atoms with van der Waals surface area (Å²) in [5.74, 6) is -0.248. The van der Waals surface area contributed by atoms with Crippen molar-refractivity contribution in [1.29, 1.82) is 0 Å². The van der Waals surface area contributed by atoms with Gasteiger partial charge < -0.3 is 10.8 Å². The van der Waals surface area contributed by atoms with Gasteiger partial charge in [-0.05, 0) is 5.92 Å². The molecule has 0 spiro atoms. The number of rotatable bonds is 2. The van der Waals surface area contributed by atoms with Crippen molar-refractivity contribution in [3.63, 3.8) is 0 Å². The molecule has 0 aliphatic heterocycles. The number of aliphatic carboxylic acids is 1. The highest BCUT2D eigenvalue weighted by Gasteiger charge is 2.14. The highest BCUT2D eigenvalue weighted by molar-refractivity contribution is 5.75. The molecule has 0 fully saturated rings. The molecule has 0 saturated carbocycles. The fourth-order valence-corrected chi connectivity index (χ4v) is 0.247. The molecular formula is C5H10NO2. The standard InChI is InChI=1S/C5H10NO2/c1-3(2)4(6)5(7)8/h4H,6H2,1-2H3,(H,7,8). The quantitative estimate of drug-likeness (QED) is 0.534. The van der Waals surface area contributed by atoms with Crippen LogP contribution in [0.3, 0.4) is 0 Å². The van der Waals surface area contributed by atoms with Crippen molar-refractivity contribution in [1.82, 2.24) is 0 Å². The monoisotopic (exact) mass is 116 g/mol. The molecule has 47 valence electrons. The van der Waals surface area contributed by atoms with Gasteiger partial charge >= 0.3 is 5.97 Å². The zero-order valence-electron chi connectivity index (χ0n) is 5.01. The fourth-order valence-electron chi connectivity index (χ4n) is 0.247. The molecule has 3 N–H and O–H groups in total. The smallest absolute Gasteiger partial charge is 0.321 e. The topological polar surface area (TPSA) is 63.3 Å². The van der Waals surface area contributed by atoms with E-state index >= 15 is 0 Å². The van der Waals surface area contributed by atoms with Gasteiger partial charge in [0, 0.05) is 0 Å². The lowest BCUT2D eigenvalue weighted by Crippen LogP contribution is -2.33. The number of hydrogen-bond acceptors (Lipinski definition) is 2. The minimum absolute atomic E-state index is 0.720. The van der Waals surface area contributed by atoms with E-state index in [1.54, 1.807) is 13.8 Å². The van der Waals surface area contributed by atoms with E-state index in [4.69, 9.17) is 10.8 Å². The number of carboxylic acid groups (broad SMARTS) is 1. The van der Waals surface area contributed by atoms with E-state index < -0.39 is 12.0 Å². The third-order valence-corrected chi connectivity index (χ3v) is 0.888. The van der Waals surface area contributed by atoms with Crippen molar-refractivity contribution in [3.05, 3.63) is 5.92 Å². The Kier molecular flexibility index (Phi) is 2.48. The number of carboxylic acids is 1. The molecule has 1 radical (unpaired) electrons. The SMILES string of the molecule is C[C](C)C(N)C(=O)O. The summed E-state index contributed by atoms with van der Waals surface area (Å²) in [6.07, 6.45) is 0. The molecule has 0 rings (SSSR count). The highest BCUT2D eigenvalue weighted by Crippen LogP contribution is 1.99. The van der Waals surface area contributed by atoms with Crippen LogP contribution < -0.4 is 5.73 Å². The average Bonchev–Trinajstić information content (AvgIpc) is 1.64. The molecule has 0 heterocycles. The van der Waals surface area contributed by atoms with Crippen LogP contribution in [0.2, 0.25) is 0 Å². The molecule has 0 aliphatic rings. The molecule has 0 bridgehead atoms. The minimum Gasteiger partial charge on any atom is -0.480 e. The van der Waals surface area contributed by atoms with Crippen molar-refractivity contribution >= 4 is 5.97 Å². The van der Waals surface area contributed by atoms with Crippen LogP contribution in [-0.2, 0) is 4.79 Å². The summed E-state index contributed by atoms with van der Waals surface area (Å²) in [5.41, 5.74) is 5.12. The zero-order valence-corrected chi connectivity index (χ0v) is 5.01. The van der Waals surface area contributed by atoms with Crippen molar-refractivity contribution in [2.75, 3.05) is 0 Å². The van der Waals surface area contributed by atoms with Gasteiger partial charge in [0.1, 0.15) is 6.04 Å². The van der Waals surface area contributed by atoms with Crippen LogP contribution in [0.4, 0.5) is 0 Å². The number of hydrogen-bond donors (Lipinski definition) is 2. The highest BCUT2D eigenvalue weighted by atomic mass is 16.4. The fraction of sp³-hybridized carbons (Fsp3) is 0.600. The molecular weight excluding hydrogens is 106 g/mol. The zero-order chi connectivity index (χ0) is 6.73. The molecule has 0 amide bonds. The second-order valence-corrected chi connectivity index (χ2v) is 1.89. The molecule has 3 nitrogen and oxygen atoms in total. The van der Waals surface area contributed by atoms with Crippen molar-refractivity contribution in [2.24, 2.45) is 5.73 Å². The van der Waals surface area contributed by atoms with Crippen LogP contribution in [0.15, 0.2) is 0 Å². The average molecular weight is 116 g/mol. The van der Waals surface area contributed by atoms with Gasteiger partial charge in [-0.15, -0.1) is 0 Å². The van der Waals surface area contributed by atoms with Crippen LogP contribution in [-0.4, -0.2) is 17.1 Å². The lowest BCUT2D eigenvalue weighted by Gasteiger charge is -2.07. The molecule has 0 aliphatic carbocycles. The lowest BCUT2D eigenvalue weighted by molar-refractivity contribution is -0.138. The summed E-state index contributed by atoms with van der Waals surface area (Å²) in [6.45, 7) is 3.39. The van der Waals surface area contributed by atoms with Crippen molar-refractivity contribution < 1.29 is 9.90 Å². The largest absolute Gasteiger partial charge is 0.480 e. The summed E-state index contributed by atoms with van der Waals surface area (Å²) in [7, 11) is 0. The van der Waals surface area contributed by atoms with Crippen molar-refractivity contribution in [3.8, 4) is 0 Å². The van der Waals surface area contributed by atoms with Gasteiger partial charge in [0.2, 0.25) is 0 Å². The first-order valence-corrected chi connectivity index (χ1v) is 2.34. The first-order chi connectivity index (χ1) is 3.55. The van der Waals surface area contributed by atoms with Crippen molar-refractivity contribution in [2.45, 2.75) is 19.9 Å². The van der Waals surface area contributed by atoms with Crippen LogP contribution in [0.5, 0.6) is 0 Å². The second-order valence-electron chi connectivity index (χ2n) is 1.89. The number of carbonyl (C=O) groups is 1. The summed E-state index contributed by atoms with van der Waals surface area (Å²) in [4.78, 5) is 9.99. The Balaban J connectivity index is 3.64. The minimum atomic E-state index is -0.968. The Bertz CT molecular complexity index is 90.4. The van der Waals surface area contributed by atoms with Gasteiger partial charge in [-0.25, -0.2) is 0 Å². The molecule has 0 aromatic heterocycles. The summed E-state index contributed by atoms with van der Waals surface area (Å²) in [5, 5.41) is 8.21. The molecule has 3 heteroatoms. The third kappa shape index (κ3) is 1.93. The Morgan fingerprint density at radius 1 is 1.62 bits per heavy atom. The maximum Gasteiger partial charge on any atom is 0.321 e. The van der Waals surface area contributed by atoms with Crippen LogP contribution in [0, 0.1) is 5.92 Å². The van der Waals surface area contributed by atoms with E-state index in [0.29, 0.717) is 0 Å². The Morgan fingerprint density at radius 2 is 2.00 bits per heavy atom. The summed E-state index contributed by atoms with van der Waals surface area (Å²) in [6, 6.07) is -0.796. The molecule has 0 saturated heterocycles. The van der Waals surface area contributed by atoms with E-state index in [-0.39, 0.29) is 0 Å². The van der Waals surface area contributed by atoms with E-state index in [0.717, 1.165) is 5.92 Å². The van der Waals surface area contributed by atoms with E-state index in [1.165, 1.54) is 0 Å². The predicted molar refractivity (Wildman–Crippen MR) is 30.2 cm³/mol. The summed E-state index contributed by atoms with van der Waals surface area (Å²) < 4.78 is 0. The second kappa shape index (κ2) is 2.67. The van der Waals surface area contributed by atoms with Gasteiger partial charge in [0.05, 0.1) is 0 Å². The van der Waals surface area contributed by atoms with E-state index in [2.05, 4.69) is 0 Å². The van der Waals surface area contributed by atoms with Gasteiger partial charge in [0.15, 0.2) is 0 Å². The Hall–Kier alpha value is -0.570. The normalized spacial score (nSPS) is 14.0. The molecule has 8 heavy (non-hydrogen) atoms. The first kappa shape index (κ1) is 7.43. The van der Waals surface area contributed by atoms with Crippen LogP contribution in [0.25, 0.3) is 0 Å². The van der Waals surface area contributed by atoms with E-state index in [1.807, 2.05) is 0 Å². The molecule has 1 atom stereocenters. The maximum atomic E-state index is 9.99. The molecule has 1 unspecified atom stereocenters. The predicted octanol–water partition coefficient (Wildman–Crippen LogP) is 0.0126. The van der Waals surface area contributed by atoms with Gasteiger partial charge in [-0.2, -0.15) is 0 Å². The first-order valence-electron chi connectivity index (χ1n) is 2.34. The van der Waals surface area contributed by atoms with Crippen LogP contribution >= 0.6 is 0 Å². The van der Waals surface area contributed by atoms with Gasteiger partial charge in [-0.3, -0.25) is 4.79 Å². The Morgan fingerprint density at radius 3 is 2.00 bits per heavy atom. The van der Waals surface area contributed by atoms with E-state index in [9.17, 15) is 4.79 Å². The van der Waals surface area contributed by atoms with Gasteiger partial charge in [0.25, 0.3) is 0 Å². The molecule has 0 aromatic rings. The number of nitrogens with two attached hydrogens (primary N) is 1. The summed E-state index contributed by atoms with van der Waals surface area (Å²) >= 11 is 0. The van der Waals surface area contributed by atoms with Crippen LogP contribution in [0.1, 0.15) is 13.8 Å². The van der Waals surface area contributed by atoms with Gasteiger partial charge in [-0.1, -0.05) is 13.8 Å². The lowest BCUT2D eigenvalue weighted by atomic mass is 10.1. The Labute approximate surface area is 48.5 Å². The molecule has 0 aromatic carbocycles. The maximum absolute atomic E-state index is 9.99.